The van der Waals surface area contributed by atoms with Crippen molar-refractivity contribution in [2.45, 2.75) is 55.3 Å². The Labute approximate surface area is 345 Å². The molecule has 0 saturated carbocycles. The minimum absolute atomic E-state index is 0. The molecule has 0 aliphatic carbocycles. The molecule has 3 unspecified atom stereocenters. The van der Waals surface area contributed by atoms with E-state index in [1.807, 2.05) is 63.4 Å². The van der Waals surface area contributed by atoms with Crippen molar-refractivity contribution in [3.05, 3.63) is 0 Å². The van der Waals surface area contributed by atoms with Crippen LogP contribution in [0, 0.1) is 0 Å². The Kier molecular flexibility index (Phi) is 26.8. The Hall–Kier alpha value is -4.49. The summed E-state index contributed by atoms with van der Waals surface area (Å²) in [6.07, 6.45) is -6.71. The first-order chi connectivity index (χ1) is 25.4. The number of rotatable bonds is 24. The van der Waals surface area contributed by atoms with E-state index in [1.54, 1.807) is 0 Å². The van der Waals surface area contributed by atoms with Crippen LogP contribution in [0.15, 0.2) is 0 Å². The molecule has 0 aromatic carbocycles. The Morgan fingerprint density at radius 2 is 0.569 bits per heavy atom. The first-order valence-corrected chi connectivity index (χ1v) is 16.7. The third-order valence-corrected chi connectivity index (χ3v) is 6.84. The smallest absolute Gasteiger partial charge is 0.550 e. The molecule has 1 radical (unpaired) electrons. The maximum absolute atomic E-state index is 11.3. The summed E-state index contributed by atoms with van der Waals surface area (Å²) in [5.41, 5.74) is -8.44. The standard InChI is InChI=1S/3C11H19NO7.Fe/c3*1-12(2,3)4-5-19-9(15)7-11(18,10(16)17)6-8(13)14;/h3*18H,4-7H2,1-3H3,(H-,13,14,16,17);/q;;;+3/p-3. The second kappa shape index (κ2) is 25.8. The molecule has 3 N–H and O–H groups in total. The van der Waals surface area contributed by atoms with Crippen molar-refractivity contribution >= 4 is 53.7 Å². The zero-order chi connectivity index (χ0) is 45.8. The number of hydrogen-bond donors (Lipinski definition) is 3. The molecule has 3 atom stereocenters. The van der Waals surface area contributed by atoms with Crippen molar-refractivity contribution in [2.75, 3.05) is 103 Å². The quantitative estimate of drug-likeness (QED) is 0.0351. The molecule has 0 bridgehead atoms. The van der Waals surface area contributed by atoms with Crippen LogP contribution in [0.25, 0.3) is 0 Å². The second-order valence-electron chi connectivity index (χ2n) is 15.8. The molecule has 24 nitrogen and oxygen atoms in total. The number of quaternary nitrogens is 3. The van der Waals surface area contributed by atoms with Crippen LogP contribution in [0.3, 0.4) is 0 Å². The number of esters is 3. The van der Waals surface area contributed by atoms with Crippen LogP contribution in [0.4, 0.5) is 0 Å². The van der Waals surface area contributed by atoms with E-state index in [1.165, 1.54) is 0 Å². The van der Waals surface area contributed by atoms with Gasteiger partial charge in [-0.1, -0.05) is 0 Å². The average Bonchev–Trinajstić information content (AvgIpc) is 2.94. The van der Waals surface area contributed by atoms with Gasteiger partial charge in [0.15, 0.2) is 0 Å². The summed E-state index contributed by atoms with van der Waals surface area (Å²) in [7, 11) is 16.8. The van der Waals surface area contributed by atoms with E-state index in [-0.39, 0.29) is 36.9 Å². The van der Waals surface area contributed by atoms with Gasteiger partial charge in [0.2, 0.25) is 0 Å². The predicted octanol–water partition coefficient (Wildman–Crippen LogP) is -11.3. The van der Waals surface area contributed by atoms with Gasteiger partial charge in [0, 0.05) is 37.2 Å². The van der Waals surface area contributed by atoms with Gasteiger partial charge in [-0.25, -0.2) is 0 Å². The molecule has 0 rings (SSSR count). The predicted molar refractivity (Wildman–Crippen MR) is 174 cm³/mol. The van der Waals surface area contributed by atoms with E-state index >= 15 is 0 Å². The van der Waals surface area contributed by atoms with Gasteiger partial charge in [-0.3, -0.25) is 14.4 Å². The minimum Gasteiger partial charge on any atom is -0.550 e. The number of carbonyl (C=O) groups is 9. The molecule has 0 saturated heterocycles. The summed E-state index contributed by atoms with van der Waals surface area (Å²) in [4.78, 5) is 97.0. The fourth-order valence-electron chi connectivity index (χ4n) is 3.51. The van der Waals surface area contributed by atoms with E-state index in [0.717, 1.165) is 0 Å². The largest absolute Gasteiger partial charge is 3.00 e. The normalized spacial score (nSPS) is 14.3. The van der Waals surface area contributed by atoms with Crippen LogP contribution in [0.2, 0.25) is 0 Å². The average molecular weight is 885 g/mol. The molecule has 0 aromatic rings. The number of likely N-dealkylation sites (N-methyl/N-ethyl adjacent to an activating group) is 3. The molecule has 0 amide bonds. The van der Waals surface area contributed by atoms with Crippen LogP contribution in [-0.4, -0.2) is 202 Å². The van der Waals surface area contributed by atoms with Gasteiger partial charge in [-0.05, 0) is 0 Å². The van der Waals surface area contributed by atoms with E-state index in [4.69, 9.17) is 14.2 Å². The summed E-state index contributed by atoms with van der Waals surface area (Å²) < 4.78 is 15.8. The van der Waals surface area contributed by atoms with Crippen molar-refractivity contribution in [2.24, 2.45) is 0 Å². The van der Waals surface area contributed by atoms with Crippen molar-refractivity contribution < 1.29 is 134 Å². The Morgan fingerprint density at radius 3 is 0.690 bits per heavy atom. The van der Waals surface area contributed by atoms with E-state index in [9.17, 15) is 89.1 Å². The van der Waals surface area contributed by atoms with Gasteiger partial charge < -0.3 is 102 Å². The fourth-order valence-corrected chi connectivity index (χ4v) is 3.51. The number of carbonyl (C=O) groups excluding carboxylic acids is 9. The van der Waals surface area contributed by atoms with Crippen LogP contribution in [0.1, 0.15) is 38.5 Å². The van der Waals surface area contributed by atoms with Crippen LogP contribution >= 0.6 is 0 Å². The zero-order valence-corrected chi connectivity index (χ0v) is 35.0. The van der Waals surface area contributed by atoms with Crippen LogP contribution < -0.4 is 30.6 Å². The number of ether oxygens (including phenoxy) is 3. The summed E-state index contributed by atoms with van der Waals surface area (Å²) in [6.45, 7) is 1.52. The van der Waals surface area contributed by atoms with Crippen molar-refractivity contribution in [3.63, 3.8) is 0 Å². The molecule has 0 aromatic heterocycles. The number of hydrogen-bond acceptors (Lipinski definition) is 21. The first-order valence-electron chi connectivity index (χ1n) is 16.7. The summed E-state index contributed by atoms with van der Waals surface area (Å²) >= 11 is 0. The molecule has 0 heterocycles. The Morgan fingerprint density at radius 1 is 0.397 bits per heavy atom. The molecule has 0 fully saturated rings. The third kappa shape index (κ3) is 31.6. The van der Waals surface area contributed by atoms with Crippen molar-refractivity contribution in [1.82, 2.24) is 0 Å². The SMILES string of the molecule is C[N+](C)(C)CCOC(=O)CC(O)(CC(=O)[O-])C(=O)[O-].C[N+](C)(C)CCOC(=O)CC(O)(CC(=O)[O-])C(=O)[O-].C[N+](C)(C)CCOC(=O)CC(O)(CC(=O)[O-])C(=O)[O-].[Fe+3]. The number of aliphatic hydroxyl groups is 3. The van der Waals surface area contributed by atoms with E-state index in [2.05, 4.69) is 0 Å². The van der Waals surface area contributed by atoms with Gasteiger partial charge >= 0.3 is 35.0 Å². The monoisotopic (exact) mass is 884 g/mol. The Balaban J connectivity index is -0.000000374. The zero-order valence-electron chi connectivity index (χ0n) is 33.9. The second-order valence-corrected chi connectivity index (χ2v) is 15.8. The first kappa shape index (κ1) is 60.2. The maximum atomic E-state index is 11.3. The van der Waals surface area contributed by atoms with Crippen LogP contribution in [0.5, 0.6) is 0 Å². The molecule has 58 heavy (non-hydrogen) atoms. The molecular weight excluding hydrogens is 830 g/mol. The van der Waals surface area contributed by atoms with Gasteiger partial charge in [-0.2, -0.15) is 0 Å². The minimum atomic E-state index is -2.81. The van der Waals surface area contributed by atoms with Crippen molar-refractivity contribution in [3.8, 4) is 0 Å². The van der Waals surface area contributed by atoms with Gasteiger partial charge in [0.05, 0.1) is 101 Å². The molecule has 0 aliphatic heterocycles. The summed E-state index contributed by atoms with van der Waals surface area (Å²) in [5.74, 6) is -14.6. The van der Waals surface area contributed by atoms with Gasteiger partial charge in [0.1, 0.15) is 56.3 Å². The number of nitrogens with zero attached hydrogens (tertiary/aromatic N) is 3. The topological polar surface area (TPSA) is 380 Å². The molecule has 0 spiro atoms. The van der Waals surface area contributed by atoms with E-state index in [0.29, 0.717) is 33.1 Å². The maximum Gasteiger partial charge on any atom is 3.00 e. The van der Waals surface area contributed by atoms with Crippen LogP contribution in [-0.2, 0) is 74.4 Å². The summed E-state index contributed by atoms with van der Waals surface area (Å²) in [5, 5.41) is 91.5. The Bertz CT molecular complexity index is 1260. The molecular formula is C33H54FeN3O21. The van der Waals surface area contributed by atoms with E-state index < -0.39 is 109 Å². The summed E-state index contributed by atoms with van der Waals surface area (Å²) in [6, 6.07) is 0. The molecule has 0 aliphatic rings. The fraction of sp³-hybridized carbons (Fsp3) is 0.727. The van der Waals surface area contributed by atoms with Gasteiger partial charge in [0.25, 0.3) is 0 Å². The van der Waals surface area contributed by atoms with Gasteiger partial charge in [-0.15, -0.1) is 0 Å². The number of carboxylic acid groups (broad SMARTS) is 6. The number of aliphatic carboxylic acids is 6. The van der Waals surface area contributed by atoms with Crippen molar-refractivity contribution in [1.29, 1.82) is 0 Å². The molecule has 25 heteroatoms. The molecule has 335 valence electrons. The number of carboxylic acids is 6. The third-order valence-electron chi connectivity index (χ3n) is 6.84.